The molecule has 0 unspecified atom stereocenters. The van der Waals surface area contributed by atoms with Crippen LogP contribution in [0, 0.1) is 0 Å². The van der Waals surface area contributed by atoms with Crippen LogP contribution in [0.4, 0.5) is 14.5 Å². The zero-order chi connectivity index (χ0) is 17.6. The van der Waals surface area contributed by atoms with E-state index in [2.05, 4.69) is 24.8 Å². The van der Waals surface area contributed by atoms with Crippen molar-refractivity contribution in [3.8, 4) is 5.13 Å². The van der Waals surface area contributed by atoms with Gasteiger partial charge in [0.05, 0.1) is 5.69 Å². The number of amides is 1. The highest BCUT2D eigenvalue weighted by molar-refractivity contribution is 7.08. The molecule has 1 fully saturated rings. The predicted molar refractivity (Wildman–Crippen MR) is 85.1 cm³/mol. The number of alkyl halides is 2. The highest BCUT2D eigenvalue weighted by Gasteiger charge is 2.28. The lowest BCUT2D eigenvalue weighted by molar-refractivity contribution is 0.102. The number of anilines is 1. The second-order valence-corrected chi connectivity index (χ2v) is 6.46. The molecule has 0 bridgehead atoms. The van der Waals surface area contributed by atoms with Crippen LogP contribution in [-0.2, 0) is 7.05 Å². The minimum absolute atomic E-state index is 0.0380. The Morgan fingerprint density at radius 2 is 2.20 bits per heavy atom. The van der Waals surface area contributed by atoms with Crippen molar-refractivity contribution in [1.29, 1.82) is 0 Å². The Kier molecular flexibility index (Phi) is 3.79. The number of halogens is 2. The highest BCUT2D eigenvalue weighted by atomic mass is 32.1. The number of nitrogens with one attached hydrogen (secondary N) is 1. The lowest BCUT2D eigenvalue weighted by atomic mass is 10.3. The van der Waals surface area contributed by atoms with Crippen LogP contribution in [0.3, 0.4) is 0 Å². The molecule has 3 aromatic heterocycles. The van der Waals surface area contributed by atoms with Crippen molar-refractivity contribution < 1.29 is 13.6 Å². The molecule has 1 aliphatic carbocycles. The topological polar surface area (TPSA) is 90.5 Å². The zero-order valence-electron chi connectivity index (χ0n) is 13.1. The number of carbonyl (C=O) groups is 1. The Morgan fingerprint density at radius 3 is 2.92 bits per heavy atom. The standard InChI is InChI=1S/C14H13F2N7OS/c1-22-4-8(10(20-22)11(15)16)18-13(24)9-5-23(6-17-9)14-19-12(21-25-14)7-2-3-7/h4-7,11H,2-3H2,1H3,(H,18,24). The molecule has 11 heteroatoms. The average Bonchev–Trinajstić information content (AvgIpc) is 3.00. The van der Waals surface area contributed by atoms with Gasteiger partial charge < -0.3 is 5.32 Å². The summed E-state index contributed by atoms with van der Waals surface area (Å²) in [6.07, 6.45) is 3.69. The van der Waals surface area contributed by atoms with Gasteiger partial charge in [0.1, 0.15) is 17.8 Å². The van der Waals surface area contributed by atoms with Crippen molar-refractivity contribution in [1.82, 2.24) is 28.7 Å². The Balaban J connectivity index is 1.52. The summed E-state index contributed by atoms with van der Waals surface area (Å²) in [5.41, 5.74) is -0.426. The van der Waals surface area contributed by atoms with E-state index in [9.17, 15) is 13.6 Å². The third kappa shape index (κ3) is 3.14. The van der Waals surface area contributed by atoms with Gasteiger partial charge in [-0.1, -0.05) is 0 Å². The molecule has 3 heterocycles. The van der Waals surface area contributed by atoms with E-state index in [1.54, 1.807) is 4.57 Å². The highest BCUT2D eigenvalue weighted by Crippen LogP contribution is 2.39. The summed E-state index contributed by atoms with van der Waals surface area (Å²) >= 11 is 1.23. The molecule has 1 saturated carbocycles. The van der Waals surface area contributed by atoms with E-state index in [0.717, 1.165) is 18.7 Å². The molecular weight excluding hydrogens is 352 g/mol. The van der Waals surface area contributed by atoms with Crippen LogP contribution in [0.25, 0.3) is 5.13 Å². The summed E-state index contributed by atoms with van der Waals surface area (Å²) in [6, 6.07) is 0. The van der Waals surface area contributed by atoms with E-state index in [1.807, 2.05) is 0 Å². The van der Waals surface area contributed by atoms with Crippen LogP contribution in [0.1, 0.15) is 47.2 Å². The monoisotopic (exact) mass is 365 g/mol. The van der Waals surface area contributed by atoms with Gasteiger partial charge in [-0.05, 0) is 12.8 Å². The summed E-state index contributed by atoms with van der Waals surface area (Å²) in [6.45, 7) is 0. The van der Waals surface area contributed by atoms with E-state index >= 15 is 0 Å². The van der Waals surface area contributed by atoms with Crippen LogP contribution in [0.5, 0.6) is 0 Å². The van der Waals surface area contributed by atoms with Gasteiger partial charge in [-0.15, -0.1) is 0 Å². The van der Waals surface area contributed by atoms with Crippen LogP contribution in [0.2, 0.25) is 0 Å². The SMILES string of the molecule is Cn1cc(NC(=O)c2cn(-c3nc(C4CC4)ns3)cn2)c(C(F)F)n1. The Labute approximate surface area is 144 Å². The summed E-state index contributed by atoms with van der Waals surface area (Å²) in [4.78, 5) is 20.7. The number of hydrogen-bond donors (Lipinski definition) is 1. The molecule has 130 valence electrons. The fourth-order valence-electron chi connectivity index (χ4n) is 2.33. The van der Waals surface area contributed by atoms with Gasteiger partial charge >= 0.3 is 0 Å². The number of aryl methyl sites for hydroxylation is 1. The molecular formula is C14H13F2N7OS. The fraction of sp³-hybridized carbons (Fsp3) is 0.357. The molecule has 25 heavy (non-hydrogen) atoms. The van der Waals surface area contributed by atoms with Gasteiger partial charge in [0, 0.05) is 36.9 Å². The number of rotatable bonds is 5. The van der Waals surface area contributed by atoms with Crippen molar-refractivity contribution in [3.05, 3.63) is 35.9 Å². The Hall–Kier alpha value is -2.69. The minimum Gasteiger partial charge on any atom is -0.317 e. The third-order valence-electron chi connectivity index (χ3n) is 3.72. The van der Waals surface area contributed by atoms with Crippen molar-refractivity contribution in [2.75, 3.05) is 5.32 Å². The predicted octanol–water partition coefficient (Wildman–Crippen LogP) is 2.52. The third-order valence-corrected chi connectivity index (χ3v) is 4.47. The maximum Gasteiger partial charge on any atom is 0.284 e. The first-order chi connectivity index (χ1) is 12.0. The number of nitrogens with zero attached hydrogens (tertiary/aromatic N) is 6. The second-order valence-electron chi connectivity index (χ2n) is 5.73. The lowest BCUT2D eigenvalue weighted by Gasteiger charge is -2.02. The van der Waals surface area contributed by atoms with Gasteiger partial charge in [0.25, 0.3) is 12.3 Å². The molecule has 1 aliphatic rings. The summed E-state index contributed by atoms with van der Waals surface area (Å²) in [5, 5.41) is 6.67. The van der Waals surface area contributed by atoms with Crippen LogP contribution in [0.15, 0.2) is 18.7 Å². The normalized spacial score (nSPS) is 14.2. The molecule has 0 aromatic carbocycles. The lowest BCUT2D eigenvalue weighted by Crippen LogP contribution is -2.13. The van der Waals surface area contributed by atoms with Crippen molar-refractivity contribution in [2.45, 2.75) is 25.2 Å². The van der Waals surface area contributed by atoms with Crippen molar-refractivity contribution >= 4 is 23.1 Å². The largest absolute Gasteiger partial charge is 0.317 e. The first-order valence-electron chi connectivity index (χ1n) is 7.52. The van der Waals surface area contributed by atoms with Gasteiger partial charge in [-0.25, -0.2) is 18.7 Å². The van der Waals surface area contributed by atoms with Gasteiger partial charge in [-0.3, -0.25) is 14.0 Å². The van der Waals surface area contributed by atoms with E-state index in [1.165, 1.54) is 42.0 Å². The maximum absolute atomic E-state index is 12.9. The van der Waals surface area contributed by atoms with E-state index < -0.39 is 18.0 Å². The quantitative estimate of drug-likeness (QED) is 0.750. The van der Waals surface area contributed by atoms with E-state index in [-0.39, 0.29) is 11.4 Å². The molecule has 0 atom stereocenters. The Morgan fingerprint density at radius 1 is 1.40 bits per heavy atom. The molecule has 8 nitrogen and oxygen atoms in total. The summed E-state index contributed by atoms with van der Waals surface area (Å²) in [7, 11) is 1.50. The molecule has 1 amide bonds. The number of aromatic nitrogens is 6. The zero-order valence-corrected chi connectivity index (χ0v) is 13.9. The number of carbonyl (C=O) groups excluding carboxylic acids is 1. The van der Waals surface area contributed by atoms with E-state index in [0.29, 0.717) is 11.0 Å². The van der Waals surface area contributed by atoms with Crippen LogP contribution in [-0.4, -0.2) is 34.6 Å². The number of imidazole rings is 1. The Bertz CT molecular complexity index is 927. The van der Waals surface area contributed by atoms with Gasteiger partial charge in [0.15, 0.2) is 5.69 Å². The first kappa shape index (κ1) is 15.8. The molecule has 4 rings (SSSR count). The van der Waals surface area contributed by atoms with Crippen LogP contribution < -0.4 is 5.32 Å². The molecule has 0 radical (unpaired) electrons. The summed E-state index contributed by atoms with van der Waals surface area (Å²) < 4.78 is 33.0. The molecule has 3 aromatic rings. The second kappa shape index (κ2) is 5.99. The maximum atomic E-state index is 12.9. The smallest absolute Gasteiger partial charge is 0.284 e. The molecule has 0 saturated heterocycles. The van der Waals surface area contributed by atoms with Crippen LogP contribution >= 0.6 is 11.5 Å². The van der Waals surface area contributed by atoms with Gasteiger partial charge in [-0.2, -0.15) is 9.47 Å². The minimum atomic E-state index is -2.78. The first-order valence-corrected chi connectivity index (χ1v) is 8.29. The number of hydrogen-bond acceptors (Lipinski definition) is 6. The average molecular weight is 365 g/mol. The molecule has 0 aliphatic heterocycles. The summed E-state index contributed by atoms with van der Waals surface area (Å²) in [5.74, 6) is 0.659. The van der Waals surface area contributed by atoms with Gasteiger partial charge in [0.2, 0.25) is 5.13 Å². The molecule has 1 N–H and O–H groups in total. The molecule has 0 spiro atoms. The fourth-order valence-corrected chi connectivity index (χ4v) is 3.03. The van der Waals surface area contributed by atoms with E-state index in [4.69, 9.17) is 0 Å². The van der Waals surface area contributed by atoms with Crippen molar-refractivity contribution in [3.63, 3.8) is 0 Å². The van der Waals surface area contributed by atoms with Crippen molar-refractivity contribution in [2.24, 2.45) is 7.05 Å².